The lowest BCUT2D eigenvalue weighted by molar-refractivity contribution is -0.137. The zero-order chi connectivity index (χ0) is 13.6. The van der Waals surface area contributed by atoms with Gasteiger partial charge in [-0.3, -0.25) is 4.79 Å². The summed E-state index contributed by atoms with van der Waals surface area (Å²) in [6.45, 7) is 0. The van der Waals surface area contributed by atoms with Crippen LogP contribution >= 0.6 is 23.2 Å². The summed E-state index contributed by atoms with van der Waals surface area (Å²) < 4.78 is 0. The van der Waals surface area contributed by atoms with E-state index in [0.717, 1.165) is 22.3 Å². The molecular weight excluding hydrogens is 283 g/mol. The van der Waals surface area contributed by atoms with Crippen LogP contribution in [0.5, 0.6) is 0 Å². The first kappa shape index (κ1) is 12.5. The summed E-state index contributed by atoms with van der Waals surface area (Å²) in [7, 11) is 0. The Bertz CT molecular complexity index is 680. The van der Waals surface area contributed by atoms with Crippen LogP contribution in [0.4, 0.5) is 0 Å². The molecular formula is C15H10Cl2O2. The first-order chi connectivity index (χ1) is 9.08. The van der Waals surface area contributed by atoms with E-state index in [9.17, 15) is 4.79 Å². The van der Waals surface area contributed by atoms with Gasteiger partial charge < -0.3 is 5.11 Å². The zero-order valence-electron chi connectivity index (χ0n) is 9.86. The number of carboxylic acid groups (broad SMARTS) is 1. The molecule has 4 heteroatoms. The molecule has 2 aromatic carbocycles. The lowest BCUT2D eigenvalue weighted by atomic mass is 9.94. The molecule has 2 nitrogen and oxygen atoms in total. The molecule has 1 aliphatic carbocycles. The molecule has 0 aromatic heterocycles. The first-order valence-electron chi connectivity index (χ1n) is 5.88. The van der Waals surface area contributed by atoms with E-state index in [0.29, 0.717) is 10.0 Å². The molecule has 0 radical (unpaired) electrons. The van der Waals surface area contributed by atoms with Crippen molar-refractivity contribution < 1.29 is 9.90 Å². The monoisotopic (exact) mass is 292 g/mol. The topological polar surface area (TPSA) is 37.3 Å². The second kappa shape index (κ2) is 4.55. The average molecular weight is 293 g/mol. The lowest BCUT2D eigenvalue weighted by Crippen LogP contribution is -2.05. The Kier molecular flexibility index (Phi) is 3.00. The summed E-state index contributed by atoms with van der Waals surface area (Å²) >= 11 is 12.3. The summed E-state index contributed by atoms with van der Waals surface area (Å²) in [6, 6.07) is 11.1. The predicted molar refractivity (Wildman–Crippen MR) is 76.0 cm³/mol. The van der Waals surface area contributed by atoms with Crippen molar-refractivity contribution in [3.8, 4) is 11.1 Å². The first-order valence-corrected chi connectivity index (χ1v) is 6.63. The van der Waals surface area contributed by atoms with Gasteiger partial charge in [0.25, 0.3) is 0 Å². The fourth-order valence-corrected chi connectivity index (χ4v) is 3.19. The van der Waals surface area contributed by atoms with Crippen molar-refractivity contribution >= 4 is 29.2 Å². The highest BCUT2D eigenvalue weighted by Crippen LogP contribution is 2.49. The number of rotatable bonds is 2. The summed E-state index contributed by atoms with van der Waals surface area (Å²) in [4.78, 5) is 11.1. The second-order valence-corrected chi connectivity index (χ2v) is 5.43. The number of carbonyl (C=O) groups is 1. The highest BCUT2D eigenvalue weighted by atomic mass is 35.5. The van der Waals surface area contributed by atoms with Crippen LogP contribution in [0.3, 0.4) is 0 Å². The molecule has 0 saturated heterocycles. The van der Waals surface area contributed by atoms with Crippen molar-refractivity contribution in [3.63, 3.8) is 0 Å². The van der Waals surface area contributed by atoms with Gasteiger partial charge in [-0.25, -0.2) is 0 Å². The molecule has 0 amide bonds. The predicted octanol–water partition coefficient (Wildman–Crippen LogP) is 4.58. The molecule has 0 aliphatic heterocycles. The molecule has 1 atom stereocenters. The number of hydrogen-bond donors (Lipinski definition) is 1. The number of benzene rings is 2. The van der Waals surface area contributed by atoms with E-state index in [1.54, 1.807) is 6.07 Å². The van der Waals surface area contributed by atoms with Crippen molar-refractivity contribution in [1.82, 2.24) is 0 Å². The third-order valence-electron chi connectivity index (χ3n) is 3.46. The molecule has 19 heavy (non-hydrogen) atoms. The van der Waals surface area contributed by atoms with E-state index in [-0.39, 0.29) is 12.3 Å². The van der Waals surface area contributed by atoms with Crippen molar-refractivity contribution in [1.29, 1.82) is 0 Å². The number of carboxylic acids is 1. The number of aliphatic carboxylic acids is 1. The molecule has 0 bridgehead atoms. The van der Waals surface area contributed by atoms with Gasteiger partial charge in [-0.15, -0.1) is 0 Å². The maximum Gasteiger partial charge on any atom is 0.304 e. The molecule has 0 heterocycles. The summed E-state index contributed by atoms with van der Waals surface area (Å²) in [6.07, 6.45) is 0.0423. The highest BCUT2D eigenvalue weighted by molar-refractivity contribution is 6.34. The number of fused-ring (bicyclic) bond motifs is 3. The van der Waals surface area contributed by atoms with Gasteiger partial charge in [0.15, 0.2) is 0 Å². The molecule has 1 N–H and O–H groups in total. The van der Waals surface area contributed by atoms with Crippen LogP contribution in [0.15, 0.2) is 36.4 Å². The van der Waals surface area contributed by atoms with Crippen LogP contribution in [-0.2, 0) is 4.79 Å². The van der Waals surface area contributed by atoms with E-state index < -0.39 is 5.97 Å². The number of hydrogen-bond acceptors (Lipinski definition) is 1. The fraction of sp³-hybridized carbons (Fsp3) is 0.133. The van der Waals surface area contributed by atoms with Crippen LogP contribution in [0, 0.1) is 0 Å². The minimum absolute atomic E-state index is 0.0423. The van der Waals surface area contributed by atoms with Gasteiger partial charge >= 0.3 is 5.97 Å². The van der Waals surface area contributed by atoms with Crippen molar-refractivity contribution in [2.45, 2.75) is 12.3 Å². The van der Waals surface area contributed by atoms with Gasteiger partial charge in [-0.2, -0.15) is 0 Å². The lowest BCUT2D eigenvalue weighted by Gasteiger charge is -2.10. The van der Waals surface area contributed by atoms with E-state index in [1.807, 2.05) is 30.3 Å². The molecule has 1 unspecified atom stereocenters. The Morgan fingerprint density at radius 2 is 1.95 bits per heavy atom. The molecule has 2 aromatic rings. The van der Waals surface area contributed by atoms with Crippen LogP contribution in [-0.4, -0.2) is 11.1 Å². The minimum atomic E-state index is -0.830. The van der Waals surface area contributed by atoms with Crippen LogP contribution < -0.4 is 0 Å². The number of halogens is 2. The van der Waals surface area contributed by atoms with Crippen molar-refractivity contribution in [3.05, 3.63) is 57.6 Å². The normalized spacial score (nSPS) is 16.0. The SMILES string of the molecule is O=C(O)CC1c2cc(Cl)ccc2-c2c(Cl)cccc21. The molecule has 0 saturated carbocycles. The standard InChI is InChI=1S/C15H10Cl2O2/c16-8-4-5-10-11(6-8)12(7-14(18)19)9-2-1-3-13(17)15(9)10/h1-6,12H,7H2,(H,18,19). The van der Waals surface area contributed by atoms with Crippen LogP contribution in [0.1, 0.15) is 23.5 Å². The molecule has 96 valence electrons. The van der Waals surface area contributed by atoms with E-state index in [4.69, 9.17) is 28.3 Å². The minimum Gasteiger partial charge on any atom is -0.481 e. The van der Waals surface area contributed by atoms with Gasteiger partial charge in [-0.05, 0) is 34.9 Å². The summed E-state index contributed by atoms with van der Waals surface area (Å²) in [5, 5.41) is 10.4. The Balaban J connectivity index is 2.26. The third-order valence-corrected chi connectivity index (χ3v) is 4.01. The van der Waals surface area contributed by atoms with Crippen LogP contribution in [0.2, 0.25) is 10.0 Å². The van der Waals surface area contributed by atoms with Crippen molar-refractivity contribution in [2.24, 2.45) is 0 Å². The summed E-state index contributed by atoms with van der Waals surface area (Å²) in [5.74, 6) is -1.01. The third kappa shape index (κ3) is 2.01. The van der Waals surface area contributed by atoms with Gasteiger partial charge in [0.2, 0.25) is 0 Å². The largest absolute Gasteiger partial charge is 0.481 e. The Labute approximate surface area is 120 Å². The summed E-state index contributed by atoms with van der Waals surface area (Å²) in [5.41, 5.74) is 3.82. The highest BCUT2D eigenvalue weighted by Gasteiger charge is 2.31. The second-order valence-electron chi connectivity index (χ2n) is 4.59. The molecule has 3 rings (SSSR count). The quantitative estimate of drug-likeness (QED) is 0.880. The maximum absolute atomic E-state index is 11.1. The zero-order valence-corrected chi connectivity index (χ0v) is 11.4. The smallest absolute Gasteiger partial charge is 0.304 e. The van der Waals surface area contributed by atoms with E-state index in [1.165, 1.54) is 0 Å². The van der Waals surface area contributed by atoms with Gasteiger partial charge in [-0.1, -0.05) is 41.4 Å². The molecule has 1 aliphatic rings. The Hall–Kier alpha value is -1.51. The molecule has 0 spiro atoms. The average Bonchev–Trinajstić information content (AvgIpc) is 2.64. The van der Waals surface area contributed by atoms with Gasteiger partial charge in [0, 0.05) is 21.5 Å². The van der Waals surface area contributed by atoms with Gasteiger partial charge in [0.1, 0.15) is 0 Å². The Morgan fingerprint density at radius 1 is 1.16 bits per heavy atom. The van der Waals surface area contributed by atoms with E-state index in [2.05, 4.69) is 0 Å². The fourth-order valence-electron chi connectivity index (χ4n) is 2.73. The Morgan fingerprint density at radius 3 is 2.68 bits per heavy atom. The van der Waals surface area contributed by atoms with Gasteiger partial charge in [0.05, 0.1) is 6.42 Å². The van der Waals surface area contributed by atoms with Crippen LogP contribution in [0.25, 0.3) is 11.1 Å². The molecule has 0 fully saturated rings. The van der Waals surface area contributed by atoms with E-state index >= 15 is 0 Å². The van der Waals surface area contributed by atoms with Crippen molar-refractivity contribution in [2.75, 3.05) is 0 Å². The maximum atomic E-state index is 11.1.